The molecule has 1 aliphatic heterocycles. The van der Waals surface area contributed by atoms with Gasteiger partial charge < -0.3 is 4.90 Å². The number of carbonyl (C=O) groups excluding carboxylic acids is 1. The van der Waals surface area contributed by atoms with Gasteiger partial charge in [0.1, 0.15) is 0 Å². The van der Waals surface area contributed by atoms with Crippen LogP contribution in [-0.4, -0.2) is 47.3 Å². The number of piperazine rings is 1. The highest BCUT2D eigenvalue weighted by atomic mass is 16.5. The van der Waals surface area contributed by atoms with Gasteiger partial charge in [0.15, 0.2) is 0 Å². The third-order valence-corrected chi connectivity index (χ3v) is 3.58. The first kappa shape index (κ1) is 15.2. The lowest BCUT2D eigenvalue weighted by Gasteiger charge is -2.29. The van der Waals surface area contributed by atoms with E-state index >= 15 is 0 Å². The summed E-state index contributed by atoms with van der Waals surface area (Å²) in [6.07, 6.45) is 6.43. The first-order valence-corrected chi connectivity index (χ1v) is 7.72. The zero-order chi connectivity index (χ0) is 16.1. The zero-order valence-electron chi connectivity index (χ0n) is 13.1. The number of nitrogens with zero attached hydrogens (tertiary/aromatic N) is 6. The molecule has 122 valence electrons. The lowest BCUT2D eigenvalue weighted by Crippen LogP contribution is -2.65. The van der Waals surface area contributed by atoms with Crippen LogP contribution in [0.2, 0.25) is 0 Å². The predicted octanol–water partition coefficient (Wildman–Crippen LogP) is -0.0511. The maximum atomic E-state index is 11.6. The normalized spacial score (nSPS) is 14.8. The van der Waals surface area contributed by atoms with Crippen LogP contribution in [0.15, 0.2) is 29.2 Å². The van der Waals surface area contributed by atoms with Crippen molar-refractivity contribution in [1.82, 2.24) is 15.2 Å². The molecule has 0 unspecified atom stereocenters. The molecule has 3 rings (SSSR count). The molecule has 0 aromatic carbocycles. The molecule has 23 heavy (non-hydrogen) atoms. The van der Waals surface area contributed by atoms with E-state index in [1.165, 1.54) is 0 Å². The fourth-order valence-electron chi connectivity index (χ4n) is 2.41. The Balaban J connectivity index is 1.56. The summed E-state index contributed by atoms with van der Waals surface area (Å²) in [6.45, 7) is 5.06. The number of hydrogen-bond acceptors (Lipinski definition) is 7. The Morgan fingerprint density at radius 1 is 1.30 bits per heavy atom. The van der Waals surface area contributed by atoms with Crippen LogP contribution in [-0.2, 0) is 4.79 Å². The molecule has 1 amide bonds. The smallest absolute Gasteiger partial charge is 0.305 e. The predicted molar refractivity (Wildman–Crippen MR) is 82.4 cm³/mol. The monoisotopic (exact) mass is 318 g/mol. The molecule has 1 aliphatic rings. The summed E-state index contributed by atoms with van der Waals surface area (Å²) in [5, 5.41) is 8.68. The van der Waals surface area contributed by atoms with E-state index in [1.54, 1.807) is 29.4 Å². The van der Waals surface area contributed by atoms with E-state index in [2.05, 4.69) is 25.5 Å². The molecule has 2 aromatic rings. The number of aromatic nitrogens is 4. The minimum atomic E-state index is -0.0677. The van der Waals surface area contributed by atoms with Gasteiger partial charge in [0.2, 0.25) is 17.1 Å². The molecular formula is C14H20N7O2+. The van der Waals surface area contributed by atoms with Crippen molar-refractivity contribution in [2.75, 3.05) is 41.4 Å². The average Bonchev–Trinajstić information content (AvgIpc) is 3.04. The molecule has 0 saturated carbocycles. The van der Waals surface area contributed by atoms with Crippen LogP contribution in [0.5, 0.6) is 0 Å². The van der Waals surface area contributed by atoms with Crippen LogP contribution < -0.4 is 20.0 Å². The van der Waals surface area contributed by atoms with Crippen LogP contribution in [0, 0.1) is 0 Å². The average molecular weight is 318 g/mol. The summed E-state index contributed by atoms with van der Waals surface area (Å²) >= 11 is 0. The Bertz CT molecular complexity index is 638. The van der Waals surface area contributed by atoms with Crippen molar-refractivity contribution in [3.8, 4) is 0 Å². The van der Waals surface area contributed by atoms with Gasteiger partial charge in [-0.25, -0.2) is 9.97 Å². The van der Waals surface area contributed by atoms with E-state index in [-0.39, 0.29) is 5.91 Å². The van der Waals surface area contributed by atoms with Gasteiger partial charge in [0, 0.05) is 31.9 Å². The van der Waals surface area contributed by atoms with E-state index in [9.17, 15) is 4.79 Å². The molecule has 9 nitrogen and oxygen atoms in total. The van der Waals surface area contributed by atoms with Crippen LogP contribution in [0.4, 0.5) is 11.8 Å². The number of hydrogen-bond donors (Lipinski definition) is 1. The minimum Gasteiger partial charge on any atom is -0.337 e. The van der Waals surface area contributed by atoms with Crippen molar-refractivity contribution >= 4 is 17.7 Å². The van der Waals surface area contributed by atoms with E-state index in [0.29, 0.717) is 12.3 Å². The highest BCUT2D eigenvalue weighted by molar-refractivity contribution is 5.88. The summed E-state index contributed by atoms with van der Waals surface area (Å²) in [5.41, 5.74) is 0. The molecule has 1 fully saturated rings. The molecule has 3 heterocycles. The molecule has 0 radical (unpaired) electrons. The molecule has 0 aliphatic carbocycles. The largest absolute Gasteiger partial charge is 0.337 e. The van der Waals surface area contributed by atoms with E-state index in [1.807, 2.05) is 11.9 Å². The summed E-state index contributed by atoms with van der Waals surface area (Å²) in [6, 6.07) is 1.80. The number of anilines is 2. The maximum Gasteiger partial charge on any atom is 0.305 e. The minimum absolute atomic E-state index is 0.0677. The topological polar surface area (TPSA) is 91.3 Å². The van der Waals surface area contributed by atoms with Gasteiger partial charge in [0.25, 0.3) is 6.20 Å². The summed E-state index contributed by atoms with van der Waals surface area (Å²) in [7, 11) is 0. The standard InChI is InChI=1S/C14H19N7O2/c1-2-4-12(22)17-13-11-21(18-23-13)20-9-7-19(8-10-20)14-15-5-3-6-16-14/h3,5-6,11H,2,4,7-10H2,1H3/p+1. The van der Waals surface area contributed by atoms with E-state index in [4.69, 9.17) is 4.52 Å². The number of nitrogens with one attached hydrogen (secondary N) is 1. The fraction of sp³-hybridized carbons (Fsp3) is 0.500. The van der Waals surface area contributed by atoms with Crippen LogP contribution in [0.3, 0.4) is 0 Å². The van der Waals surface area contributed by atoms with Gasteiger partial charge >= 0.3 is 5.88 Å². The van der Waals surface area contributed by atoms with Crippen molar-refractivity contribution in [2.45, 2.75) is 19.8 Å². The molecule has 1 saturated heterocycles. The quantitative estimate of drug-likeness (QED) is 0.773. The summed E-state index contributed by atoms with van der Waals surface area (Å²) in [4.78, 5) is 23.8. The van der Waals surface area contributed by atoms with Gasteiger partial charge in [-0.15, -0.1) is 5.01 Å². The second-order valence-electron chi connectivity index (χ2n) is 5.27. The molecule has 1 N–H and O–H groups in total. The Labute approximate surface area is 133 Å². The second-order valence-corrected chi connectivity index (χ2v) is 5.27. The highest BCUT2D eigenvalue weighted by Gasteiger charge is 2.27. The molecule has 0 bridgehead atoms. The lowest BCUT2D eigenvalue weighted by atomic mass is 10.3. The fourth-order valence-corrected chi connectivity index (χ4v) is 2.41. The van der Waals surface area contributed by atoms with Gasteiger partial charge in [-0.05, 0) is 12.5 Å². The van der Waals surface area contributed by atoms with Crippen molar-refractivity contribution in [2.24, 2.45) is 0 Å². The number of rotatable bonds is 5. The van der Waals surface area contributed by atoms with Crippen molar-refractivity contribution in [1.29, 1.82) is 0 Å². The zero-order valence-corrected chi connectivity index (χ0v) is 13.1. The Morgan fingerprint density at radius 3 is 2.74 bits per heavy atom. The van der Waals surface area contributed by atoms with Crippen molar-refractivity contribution in [3.63, 3.8) is 0 Å². The third kappa shape index (κ3) is 3.74. The molecule has 0 atom stereocenters. The summed E-state index contributed by atoms with van der Waals surface area (Å²) in [5.74, 6) is 1.03. The van der Waals surface area contributed by atoms with Crippen LogP contribution in [0.1, 0.15) is 19.8 Å². The Hall–Kier alpha value is -2.71. The lowest BCUT2D eigenvalue weighted by molar-refractivity contribution is -0.758. The maximum absolute atomic E-state index is 11.6. The first-order valence-electron chi connectivity index (χ1n) is 7.72. The van der Waals surface area contributed by atoms with E-state index in [0.717, 1.165) is 38.5 Å². The molecular weight excluding hydrogens is 298 g/mol. The molecule has 2 aromatic heterocycles. The summed E-state index contributed by atoms with van der Waals surface area (Å²) < 4.78 is 5.15. The van der Waals surface area contributed by atoms with Crippen LogP contribution >= 0.6 is 0 Å². The van der Waals surface area contributed by atoms with Gasteiger partial charge in [-0.1, -0.05) is 6.92 Å². The molecule has 0 spiro atoms. The van der Waals surface area contributed by atoms with Gasteiger partial charge in [-0.3, -0.25) is 14.6 Å². The van der Waals surface area contributed by atoms with Crippen molar-refractivity contribution < 1.29 is 14.1 Å². The second kappa shape index (κ2) is 7.03. The molecule has 9 heteroatoms. The first-order chi connectivity index (χ1) is 11.3. The number of carbonyl (C=O) groups is 1. The van der Waals surface area contributed by atoms with Gasteiger partial charge in [0.05, 0.1) is 17.9 Å². The third-order valence-electron chi connectivity index (χ3n) is 3.58. The van der Waals surface area contributed by atoms with Crippen molar-refractivity contribution in [3.05, 3.63) is 24.7 Å². The van der Waals surface area contributed by atoms with E-state index < -0.39 is 0 Å². The highest BCUT2D eigenvalue weighted by Crippen LogP contribution is 2.08. The number of amides is 1. The SMILES string of the molecule is CCCC(=O)Nc1c[n+](N2CCN(c3ncccn3)CC2)no1. The van der Waals surface area contributed by atoms with Crippen LogP contribution in [0.25, 0.3) is 0 Å². The Kier molecular flexibility index (Phi) is 4.65. The Morgan fingerprint density at radius 2 is 2.04 bits per heavy atom. The van der Waals surface area contributed by atoms with Gasteiger partial charge in [-0.2, -0.15) is 0 Å².